The minimum Gasteiger partial charge on any atom is -0.380 e. The predicted octanol–water partition coefficient (Wildman–Crippen LogP) is -0.0273. The summed E-state index contributed by atoms with van der Waals surface area (Å²) >= 11 is 0. The highest BCUT2D eigenvalue weighted by Gasteiger charge is 2.17. The first kappa shape index (κ1) is 15.2. The molecule has 2 aliphatic heterocycles. The molecular weight excluding hydrogens is 242 g/mol. The number of nitrogens with zero attached hydrogens (tertiary/aromatic N) is 3. The van der Waals surface area contributed by atoms with E-state index in [1.807, 2.05) is 0 Å². The van der Waals surface area contributed by atoms with E-state index in [0.717, 1.165) is 46.1 Å². The predicted molar refractivity (Wildman–Crippen MR) is 76.6 cm³/mol. The van der Waals surface area contributed by atoms with E-state index in [1.165, 1.54) is 39.3 Å². The summed E-state index contributed by atoms with van der Waals surface area (Å²) in [5.74, 6) is 0. The molecule has 0 radical (unpaired) electrons. The lowest BCUT2D eigenvalue weighted by molar-refractivity contribution is 0.0284. The largest absolute Gasteiger partial charge is 0.380 e. The lowest BCUT2D eigenvalue weighted by atomic mass is 10.3. The van der Waals surface area contributed by atoms with Gasteiger partial charge in [0.25, 0.3) is 0 Å². The van der Waals surface area contributed by atoms with Crippen LogP contribution < -0.4 is 0 Å². The van der Waals surface area contributed by atoms with Crippen molar-refractivity contribution in [2.75, 3.05) is 85.3 Å². The van der Waals surface area contributed by atoms with Crippen LogP contribution in [0.5, 0.6) is 0 Å². The van der Waals surface area contributed by atoms with E-state index in [9.17, 15) is 0 Å². The van der Waals surface area contributed by atoms with Crippen LogP contribution in [0, 0.1) is 0 Å². The van der Waals surface area contributed by atoms with Gasteiger partial charge in [0.05, 0.1) is 19.8 Å². The Hall–Kier alpha value is -0.200. The monoisotopic (exact) mass is 271 g/mol. The molecule has 19 heavy (non-hydrogen) atoms. The topological polar surface area (TPSA) is 28.2 Å². The third kappa shape index (κ3) is 5.75. The van der Waals surface area contributed by atoms with Gasteiger partial charge in [0, 0.05) is 65.5 Å². The quantitative estimate of drug-likeness (QED) is 0.607. The summed E-state index contributed by atoms with van der Waals surface area (Å²) < 4.78 is 10.8. The first-order valence-electron chi connectivity index (χ1n) is 7.71. The highest BCUT2D eigenvalue weighted by molar-refractivity contribution is 4.73. The normalized spacial score (nSPS) is 23.8. The molecule has 2 saturated heterocycles. The van der Waals surface area contributed by atoms with E-state index >= 15 is 0 Å². The van der Waals surface area contributed by atoms with Gasteiger partial charge in [-0.3, -0.25) is 14.7 Å². The van der Waals surface area contributed by atoms with Gasteiger partial charge in [0.15, 0.2) is 0 Å². The van der Waals surface area contributed by atoms with Crippen molar-refractivity contribution in [3.8, 4) is 0 Å². The molecule has 5 nitrogen and oxygen atoms in total. The van der Waals surface area contributed by atoms with Crippen molar-refractivity contribution in [1.82, 2.24) is 14.7 Å². The van der Waals surface area contributed by atoms with Crippen molar-refractivity contribution >= 4 is 0 Å². The highest BCUT2D eigenvalue weighted by Crippen LogP contribution is 2.03. The first-order chi connectivity index (χ1) is 9.38. The third-order valence-corrected chi connectivity index (χ3v) is 4.06. The molecule has 0 aromatic heterocycles. The van der Waals surface area contributed by atoms with Crippen molar-refractivity contribution in [3.05, 3.63) is 0 Å². The third-order valence-electron chi connectivity index (χ3n) is 4.06. The van der Waals surface area contributed by atoms with Crippen LogP contribution >= 0.6 is 0 Å². The highest BCUT2D eigenvalue weighted by atomic mass is 16.5. The van der Waals surface area contributed by atoms with Gasteiger partial charge >= 0.3 is 0 Å². The second-order valence-electron chi connectivity index (χ2n) is 5.33. The fraction of sp³-hybridized carbons (Fsp3) is 1.00. The molecule has 0 amide bonds. The second kappa shape index (κ2) is 8.87. The van der Waals surface area contributed by atoms with Gasteiger partial charge in [-0.05, 0) is 6.92 Å². The molecule has 2 heterocycles. The van der Waals surface area contributed by atoms with Crippen LogP contribution in [0.4, 0.5) is 0 Å². The fourth-order valence-electron chi connectivity index (χ4n) is 2.68. The Morgan fingerprint density at radius 1 is 0.789 bits per heavy atom. The summed E-state index contributed by atoms with van der Waals surface area (Å²) in [6, 6.07) is 0. The van der Waals surface area contributed by atoms with Gasteiger partial charge in [-0.2, -0.15) is 0 Å². The van der Waals surface area contributed by atoms with Crippen molar-refractivity contribution in [3.63, 3.8) is 0 Å². The molecule has 2 fully saturated rings. The maximum Gasteiger partial charge on any atom is 0.0594 e. The Labute approximate surface area is 117 Å². The van der Waals surface area contributed by atoms with E-state index in [1.54, 1.807) is 0 Å². The van der Waals surface area contributed by atoms with Crippen molar-refractivity contribution in [2.45, 2.75) is 6.92 Å². The number of hydrogen-bond acceptors (Lipinski definition) is 5. The zero-order valence-electron chi connectivity index (χ0n) is 12.4. The van der Waals surface area contributed by atoms with E-state index in [4.69, 9.17) is 9.47 Å². The molecule has 2 aliphatic rings. The van der Waals surface area contributed by atoms with Gasteiger partial charge in [0.2, 0.25) is 0 Å². The maximum atomic E-state index is 5.42. The molecule has 2 rings (SSSR count). The Balaban J connectivity index is 1.53. The lowest BCUT2D eigenvalue weighted by Crippen LogP contribution is -2.50. The number of hydrogen-bond donors (Lipinski definition) is 0. The molecule has 0 saturated carbocycles. The summed E-state index contributed by atoms with van der Waals surface area (Å²) in [5, 5.41) is 0. The van der Waals surface area contributed by atoms with Gasteiger partial charge in [0.1, 0.15) is 0 Å². The summed E-state index contributed by atoms with van der Waals surface area (Å²) in [6.07, 6.45) is 0. The SMILES string of the molecule is CCOCCN1CCN(CCN2CCOCC2)CC1. The van der Waals surface area contributed by atoms with Crippen LogP contribution in [0.2, 0.25) is 0 Å². The first-order valence-corrected chi connectivity index (χ1v) is 7.71. The zero-order valence-corrected chi connectivity index (χ0v) is 12.4. The molecule has 0 unspecified atom stereocenters. The van der Waals surface area contributed by atoms with Crippen molar-refractivity contribution < 1.29 is 9.47 Å². The Bertz CT molecular complexity index is 227. The number of rotatable bonds is 7. The van der Waals surface area contributed by atoms with Crippen LogP contribution in [0.3, 0.4) is 0 Å². The Kier molecular flexibility index (Phi) is 7.09. The van der Waals surface area contributed by atoms with Crippen molar-refractivity contribution in [2.24, 2.45) is 0 Å². The average Bonchev–Trinajstić information content (AvgIpc) is 2.48. The molecule has 112 valence electrons. The molecule has 5 heteroatoms. The van der Waals surface area contributed by atoms with Gasteiger partial charge < -0.3 is 9.47 Å². The number of ether oxygens (including phenoxy) is 2. The number of morpholine rings is 1. The standard InChI is InChI=1S/C14H29N3O2/c1-2-18-12-9-16-6-3-15(4-7-16)5-8-17-10-13-19-14-11-17/h2-14H2,1H3. The van der Waals surface area contributed by atoms with Crippen LogP contribution in [0.1, 0.15) is 6.92 Å². The molecular formula is C14H29N3O2. The van der Waals surface area contributed by atoms with Gasteiger partial charge in [-0.1, -0.05) is 0 Å². The minimum atomic E-state index is 0.833. The molecule has 0 atom stereocenters. The van der Waals surface area contributed by atoms with E-state index in [0.29, 0.717) is 0 Å². The summed E-state index contributed by atoms with van der Waals surface area (Å²) in [7, 11) is 0. The number of piperazine rings is 1. The lowest BCUT2D eigenvalue weighted by Gasteiger charge is -2.36. The summed E-state index contributed by atoms with van der Waals surface area (Å²) in [6.45, 7) is 16.1. The fourth-order valence-corrected chi connectivity index (χ4v) is 2.68. The van der Waals surface area contributed by atoms with Gasteiger partial charge in [-0.15, -0.1) is 0 Å². The summed E-state index contributed by atoms with van der Waals surface area (Å²) in [5.41, 5.74) is 0. The summed E-state index contributed by atoms with van der Waals surface area (Å²) in [4.78, 5) is 7.62. The molecule has 0 bridgehead atoms. The van der Waals surface area contributed by atoms with Gasteiger partial charge in [-0.25, -0.2) is 0 Å². The smallest absolute Gasteiger partial charge is 0.0594 e. The molecule has 0 aromatic rings. The molecule has 0 aliphatic carbocycles. The molecule has 0 spiro atoms. The second-order valence-corrected chi connectivity index (χ2v) is 5.33. The molecule has 0 aromatic carbocycles. The average molecular weight is 271 g/mol. The van der Waals surface area contributed by atoms with Crippen LogP contribution in [0.25, 0.3) is 0 Å². The zero-order chi connectivity index (χ0) is 13.3. The van der Waals surface area contributed by atoms with Crippen LogP contribution in [0.15, 0.2) is 0 Å². The molecule has 0 N–H and O–H groups in total. The Morgan fingerprint density at radius 3 is 1.89 bits per heavy atom. The maximum absolute atomic E-state index is 5.42. The van der Waals surface area contributed by atoms with Crippen LogP contribution in [-0.4, -0.2) is 100 Å². The van der Waals surface area contributed by atoms with E-state index in [-0.39, 0.29) is 0 Å². The van der Waals surface area contributed by atoms with E-state index < -0.39 is 0 Å². The van der Waals surface area contributed by atoms with Crippen molar-refractivity contribution in [1.29, 1.82) is 0 Å². The minimum absolute atomic E-state index is 0.833. The Morgan fingerprint density at radius 2 is 1.32 bits per heavy atom. The van der Waals surface area contributed by atoms with Crippen LogP contribution in [-0.2, 0) is 9.47 Å². The van der Waals surface area contributed by atoms with E-state index in [2.05, 4.69) is 21.6 Å².